The Morgan fingerprint density at radius 2 is 2.47 bits per heavy atom. The van der Waals surface area contributed by atoms with Crippen LogP contribution in [0.1, 0.15) is 28.4 Å². The molecule has 2 N–H and O–H groups in total. The van der Waals surface area contributed by atoms with Crippen LogP contribution in [0.5, 0.6) is 0 Å². The van der Waals surface area contributed by atoms with Crippen LogP contribution < -0.4 is 5.32 Å². The molecular formula is C11H14N4O2. The molecule has 0 saturated carbocycles. The summed E-state index contributed by atoms with van der Waals surface area (Å²) in [4.78, 5) is 15.6. The van der Waals surface area contributed by atoms with Crippen LogP contribution in [0.4, 0.5) is 0 Å². The van der Waals surface area contributed by atoms with E-state index in [0.29, 0.717) is 12.1 Å². The summed E-state index contributed by atoms with van der Waals surface area (Å²) in [6.45, 7) is 2.41. The number of carbonyl (C=O) groups is 1. The fourth-order valence-electron chi connectivity index (χ4n) is 1.47. The van der Waals surface area contributed by atoms with Gasteiger partial charge < -0.3 is 9.73 Å². The fourth-order valence-corrected chi connectivity index (χ4v) is 1.47. The van der Waals surface area contributed by atoms with Crippen molar-refractivity contribution in [2.24, 2.45) is 0 Å². The predicted molar refractivity (Wildman–Crippen MR) is 60.5 cm³/mol. The molecule has 0 aliphatic carbocycles. The largest absolute Gasteiger partial charge is 0.469 e. The van der Waals surface area contributed by atoms with Gasteiger partial charge in [0.05, 0.1) is 5.56 Å². The van der Waals surface area contributed by atoms with Crippen molar-refractivity contribution >= 4 is 5.91 Å². The number of aromatic nitrogens is 3. The first-order chi connectivity index (χ1) is 8.25. The summed E-state index contributed by atoms with van der Waals surface area (Å²) in [7, 11) is 0. The average Bonchev–Trinajstić information content (AvgIpc) is 2.95. The quantitative estimate of drug-likeness (QED) is 0.758. The molecule has 2 rings (SSSR count). The maximum atomic E-state index is 11.6. The smallest absolute Gasteiger partial charge is 0.254 e. The number of nitrogens with zero attached hydrogens (tertiary/aromatic N) is 2. The molecule has 2 aromatic heterocycles. The number of carbonyl (C=O) groups excluding carboxylic acids is 1. The Morgan fingerprint density at radius 3 is 3.12 bits per heavy atom. The molecule has 6 nitrogen and oxygen atoms in total. The zero-order chi connectivity index (χ0) is 12.1. The molecule has 0 spiro atoms. The van der Waals surface area contributed by atoms with Gasteiger partial charge >= 0.3 is 0 Å². The van der Waals surface area contributed by atoms with Crippen molar-refractivity contribution in [2.45, 2.75) is 19.8 Å². The van der Waals surface area contributed by atoms with Gasteiger partial charge in [0.25, 0.3) is 5.91 Å². The van der Waals surface area contributed by atoms with Crippen molar-refractivity contribution in [2.75, 3.05) is 6.54 Å². The van der Waals surface area contributed by atoms with Crippen molar-refractivity contribution < 1.29 is 9.21 Å². The normalized spacial score (nSPS) is 10.4. The molecule has 0 aliphatic rings. The van der Waals surface area contributed by atoms with Crippen molar-refractivity contribution in [3.05, 3.63) is 35.8 Å². The lowest BCUT2D eigenvalue weighted by molar-refractivity contribution is 0.0952. The second-order valence-electron chi connectivity index (χ2n) is 3.74. The first-order valence-electron chi connectivity index (χ1n) is 5.43. The number of furan rings is 1. The maximum absolute atomic E-state index is 11.6. The van der Waals surface area contributed by atoms with Gasteiger partial charge in [0.1, 0.15) is 24.2 Å². The summed E-state index contributed by atoms with van der Waals surface area (Å²) in [5.74, 6) is 1.45. The van der Waals surface area contributed by atoms with E-state index in [2.05, 4.69) is 20.5 Å². The van der Waals surface area contributed by atoms with Crippen LogP contribution in [0.15, 0.2) is 23.1 Å². The lowest BCUT2D eigenvalue weighted by Crippen LogP contribution is -2.24. The van der Waals surface area contributed by atoms with Crippen molar-refractivity contribution in [3.63, 3.8) is 0 Å². The highest BCUT2D eigenvalue weighted by Crippen LogP contribution is 2.05. The van der Waals surface area contributed by atoms with Crippen molar-refractivity contribution in [1.82, 2.24) is 20.5 Å². The highest BCUT2D eigenvalue weighted by Gasteiger charge is 2.07. The molecule has 0 aliphatic heterocycles. The van der Waals surface area contributed by atoms with Gasteiger partial charge in [0, 0.05) is 13.0 Å². The van der Waals surface area contributed by atoms with Gasteiger partial charge in [-0.2, -0.15) is 5.10 Å². The highest BCUT2D eigenvalue weighted by atomic mass is 16.3. The third-order valence-corrected chi connectivity index (χ3v) is 2.33. The average molecular weight is 234 g/mol. The van der Waals surface area contributed by atoms with Crippen molar-refractivity contribution in [1.29, 1.82) is 0 Å². The molecule has 0 saturated heterocycles. The predicted octanol–water partition coefficient (Wildman–Crippen LogP) is 1.07. The van der Waals surface area contributed by atoms with Crippen LogP contribution in [0.3, 0.4) is 0 Å². The molecular weight excluding hydrogens is 220 g/mol. The summed E-state index contributed by atoms with van der Waals surface area (Å²) >= 11 is 0. The van der Waals surface area contributed by atoms with Crippen LogP contribution >= 0.6 is 0 Å². The van der Waals surface area contributed by atoms with E-state index in [-0.39, 0.29) is 5.91 Å². The number of nitrogens with one attached hydrogen (secondary N) is 2. The number of hydrogen-bond donors (Lipinski definition) is 2. The SMILES string of the molecule is Cc1cc(C(=O)NCCCc2ncn[nH]2)co1. The molecule has 2 heterocycles. The van der Waals surface area contributed by atoms with Crippen LogP contribution in [-0.4, -0.2) is 27.6 Å². The van der Waals surface area contributed by atoms with E-state index < -0.39 is 0 Å². The zero-order valence-corrected chi connectivity index (χ0v) is 9.56. The third-order valence-electron chi connectivity index (χ3n) is 2.33. The van der Waals surface area contributed by atoms with E-state index in [1.54, 1.807) is 13.0 Å². The number of aromatic amines is 1. The third kappa shape index (κ3) is 3.17. The van der Waals surface area contributed by atoms with E-state index in [9.17, 15) is 4.79 Å². The van der Waals surface area contributed by atoms with Gasteiger partial charge in [0.15, 0.2) is 0 Å². The van der Waals surface area contributed by atoms with Crippen LogP contribution in [-0.2, 0) is 6.42 Å². The minimum Gasteiger partial charge on any atom is -0.469 e. The minimum absolute atomic E-state index is 0.112. The highest BCUT2D eigenvalue weighted by molar-refractivity contribution is 5.93. The van der Waals surface area contributed by atoms with Gasteiger partial charge in [-0.25, -0.2) is 4.98 Å². The summed E-state index contributed by atoms with van der Waals surface area (Å²) in [6.07, 6.45) is 4.52. The molecule has 2 aromatic rings. The number of hydrogen-bond acceptors (Lipinski definition) is 4. The molecule has 0 aromatic carbocycles. The molecule has 1 amide bonds. The van der Waals surface area contributed by atoms with E-state index in [4.69, 9.17) is 4.42 Å². The van der Waals surface area contributed by atoms with Gasteiger partial charge in [-0.1, -0.05) is 0 Å². The molecule has 6 heteroatoms. The van der Waals surface area contributed by atoms with E-state index in [1.165, 1.54) is 12.6 Å². The first-order valence-corrected chi connectivity index (χ1v) is 5.43. The van der Waals surface area contributed by atoms with Gasteiger partial charge in [0.2, 0.25) is 0 Å². The monoisotopic (exact) mass is 234 g/mol. The lowest BCUT2D eigenvalue weighted by Gasteiger charge is -2.01. The second-order valence-corrected chi connectivity index (χ2v) is 3.74. The van der Waals surface area contributed by atoms with Crippen LogP contribution in [0, 0.1) is 6.92 Å². The molecule has 0 radical (unpaired) electrons. The Kier molecular flexibility index (Phi) is 3.54. The lowest BCUT2D eigenvalue weighted by atomic mass is 10.2. The van der Waals surface area contributed by atoms with Gasteiger partial charge in [-0.3, -0.25) is 9.89 Å². The van der Waals surface area contributed by atoms with Crippen LogP contribution in [0.2, 0.25) is 0 Å². The van der Waals surface area contributed by atoms with E-state index >= 15 is 0 Å². The van der Waals surface area contributed by atoms with Crippen molar-refractivity contribution in [3.8, 4) is 0 Å². The number of aryl methyl sites for hydroxylation is 2. The van der Waals surface area contributed by atoms with Gasteiger partial charge in [-0.15, -0.1) is 0 Å². The number of amides is 1. The zero-order valence-electron chi connectivity index (χ0n) is 9.56. The molecule has 0 bridgehead atoms. The molecule has 17 heavy (non-hydrogen) atoms. The summed E-state index contributed by atoms with van der Waals surface area (Å²) < 4.78 is 5.07. The van der Waals surface area contributed by atoms with Crippen LogP contribution in [0.25, 0.3) is 0 Å². The Labute approximate surface area is 98.4 Å². The number of rotatable bonds is 5. The van der Waals surface area contributed by atoms with E-state index in [0.717, 1.165) is 24.4 Å². The summed E-state index contributed by atoms with van der Waals surface area (Å²) in [5.41, 5.74) is 0.558. The minimum atomic E-state index is -0.112. The van der Waals surface area contributed by atoms with E-state index in [1.807, 2.05) is 0 Å². The Bertz CT molecular complexity index is 475. The molecule has 0 atom stereocenters. The Hall–Kier alpha value is -2.11. The summed E-state index contributed by atoms with van der Waals surface area (Å²) in [6, 6.07) is 1.71. The Morgan fingerprint density at radius 1 is 1.59 bits per heavy atom. The standard InChI is InChI=1S/C11H14N4O2/c1-8-5-9(6-17-8)11(16)12-4-2-3-10-13-7-14-15-10/h5-7H,2-4H2,1H3,(H,12,16)(H,13,14,15). The Balaban J connectivity index is 1.70. The first kappa shape index (κ1) is 11.4. The van der Waals surface area contributed by atoms with Gasteiger partial charge in [-0.05, 0) is 19.4 Å². The summed E-state index contributed by atoms with van der Waals surface area (Å²) in [5, 5.41) is 9.34. The second kappa shape index (κ2) is 5.29. The topological polar surface area (TPSA) is 83.8 Å². The maximum Gasteiger partial charge on any atom is 0.254 e. The molecule has 0 fully saturated rings. The molecule has 90 valence electrons. The molecule has 0 unspecified atom stereocenters. The fraction of sp³-hybridized carbons (Fsp3) is 0.364. The number of H-pyrrole nitrogens is 1.